The number of anilines is 1. The highest BCUT2D eigenvalue weighted by Crippen LogP contribution is 2.23. The number of thiophene rings is 1. The number of aromatic nitrogens is 1. The van der Waals surface area contributed by atoms with E-state index in [1.54, 1.807) is 20.2 Å². The second-order valence-corrected chi connectivity index (χ2v) is 5.94. The van der Waals surface area contributed by atoms with E-state index in [0.717, 1.165) is 4.88 Å². The zero-order valence-corrected chi connectivity index (χ0v) is 12.6. The summed E-state index contributed by atoms with van der Waals surface area (Å²) in [5.74, 6) is -0.981. The van der Waals surface area contributed by atoms with Crippen molar-refractivity contribution in [2.45, 2.75) is 6.54 Å². The van der Waals surface area contributed by atoms with Gasteiger partial charge in [0.25, 0.3) is 5.91 Å². The summed E-state index contributed by atoms with van der Waals surface area (Å²) in [5.41, 5.74) is -0.00509. The summed E-state index contributed by atoms with van der Waals surface area (Å²) >= 11 is 7.24. The fraction of sp³-hybridized carbons (Fsp3) is 0.231. The average molecular weight is 314 g/mol. The lowest BCUT2D eigenvalue weighted by Crippen LogP contribution is -2.27. The Bertz CT molecular complexity index is 632. The van der Waals surface area contributed by atoms with E-state index in [1.165, 1.54) is 28.5 Å². The minimum absolute atomic E-state index is 0.00509. The zero-order chi connectivity index (χ0) is 14.7. The fourth-order valence-corrected chi connectivity index (χ4v) is 2.87. The van der Waals surface area contributed by atoms with Crippen LogP contribution in [0.1, 0.15) is 15.2 Å². The van der Waals surface area contributed by atoms with Crippen LogP contribution in [-0.4, -0.2) is 29.9 Å². The zero-order valence-electron chi connectivity index (χ0n) is 11.0. The van der Waals surface area contributed by atoms with Gasteiger partial charge in [-0.15, -0.1) is 11.3 Å². The van der Waals surface area contributed by atoms with Gasteiger partial charge in [0.1, 0.15) is 0 Å². The Labute approximate surface area is 125 Å². The molecule has 0 aliphatic heterocycles. The van der Waals surface area contributed by atoms with E-state index in [2.05, 4.69) is 10.3 Å². The minimum atomic E-state index is -0.643. The van der Waals surface area contributed by atoms with Crippen LogP contribution in [0.25, 0.3) is 0 Å². The Morgan fingerprint density at radius 2 is 2.25 bits per heavy atom. The molecule has 2 aromatic rings. The molecule has 2 heterocycles. The number of nitrogens with one attached hydrogen (secondary N) is 1. The number of halogens is 2. The van der Waals surface area contributed by atoms with Gasteiger partial charge in [0.15, 0.2) is 11.6 Å². The van der Waals surface area contributed by atoms with Crippen LogP contribution >= 0.6 is 22.9 Å². The van der Waals surface area contributed by atoms with Crippen LogP contribution in [0.4, 0.5) is 10.2 Å². The largest absolute Gasteiger partial charge is 0.371 e. The van der Waals surface area contributed by atoms with Crippen LogP contribution in [-0.2, 0) is 6.54 Å². The number of amides is 1. The molecular weight excluding hydrogens is 301 g/mol. The van der Waals surface area contributed by atoms with Crippen molar-refractivity contribution < 1.29 is 9.18 Å². The van der Waals surface area contributed by atoms with E-state index >= 15 is 0 Å². The molecule has 1 amide bonds. The van der Waals surface area contributed by atoms with Gasteiger partial charge in [0, 0.05) is 25.2 Å². The number of carbonyl (C=O) groups is 1. The third kappa shape index (κ3) is 3.08. The molecule has 4 nitrogen and oxygen atoms in total. The standard InChI is InChI=1S/C13H13ClFN3OS/c1-16-12-11(15)9(5-6-17-12)13(19)18(2)7-8-3-4-10(14)20-8/h3-6H,7H2,1-2H3,(H,16,17). The molecule has 0 aromatic carbocycles. The van der Waals surface area contributed by atoms with Crippen LogP contribution in [0.2, 0.25) is 4.34 Å². The Balaban J connectivity index is 2.18. The number of nitrogens with zero attached hydrogens (tertiary/aromatic N) is 2. The van der Waals surface area contributed by atoms with Crippen LogP contribution in [0.5, 0.6) is 0 Å². The minimum Gasteiger partial charge on any atom is -0.371 e. The van der Waals surface area contributed by atoms with Crippen molar-refractivity contribution in [3.05, 3.63) is 45.0 Å². The molecular formula is C13H13ClFN3OS. The predicted molar refractivity (Wildman–Crippen MR) is 78.9 cm³/mol. The Kier molecular flexibility index (Phi) is 4.57. The first-order valence-corrected chi connectivity index (χ1v) is 7.04. The quantitative estimate of drug-likeness (QED) is 0.942. The predicted octanol–water partition coefficient (Wildman–Crippen LogP) is 3.25. The lowest BCUT2D eigenvalue weighted by atomic mass is 10.2. The van der Waals surface area contributed by atoms with E-state index in [4.69, 9.17) is 11.6 Å². The lowest BCUT2D eigenvalue weighted by molar-refractivity contribution is 0.0782. The van der Waals surface area contributed by atoms with Gasteiger partial charge in [-0.3, -0.25) is 4.79 Å². The second kappa shape index (κ2) is 6.19. The molecule has 0 atom stereocenters. The smallest absolute Gasteiger partial charge is 0.257 e. The number of carbonyl (C=O) groups excluding carboxylic acids is 1. The molecule has 0 fully saturated rings. The third-order valence-electron chi connectivity index (χ3n) is 2.72. The van der Waals surface area contributed by atoms with Crippen molar-refractivity contribution in [2.24, 2.45) is 0 Å². The summed E-state index contributed by atoms with van der Waals surface area (Å²) in [6, 6.07) is 4.99. The van der Waals surface area contributed by atoms with Gasteiger partial charge in [-0.25, -0.2) is 9.37 Å². The van der Waals surface area contributed by atoms with E-state index in [0.29, 0.717) is 10.9 Å². The van der Waals surface area contributed by atoms with Crippen LogP contribution in [0.3, 0.4) is 0 Å². The van der Waals surface area contributed by atoms with Crippen LogP contribution in [0.15, 0.2) is 24.4 Å². The Hall–Kier alpha value is -1.66. The highest BCUT2D eigenvalue weighted by Gasteiger charge is 2.19. The summed E-state index contributed by atoms with van der Waals surface area (Å²) in [4.78, 5) is 18.4. The van der Waals surface area contributed by atoms with E-state index < -0.39 is 11.7 Å². The lowest BCUT2D eigenvalue weighted by Gasteiger charge is -2.17. The van der Waals surface area contributed by atoms with Crippen molar-refractivity contribution in [2.75, 3.05) is 19.4 Å². The molecule has 0 saturated carbocycles. The monoisotopic (exact) mass is 313 g/mol. The van der Waals surface area contributed by atoms with Crippen molar-refractivity contribution in [1.82, 2.24) is 9.88 Å². The summed E-state index contributed by atoms with van der Waals surface area (Å²) in [6.45, 7) is 0.382. The highest BCUT2D eigenvalue weighted by molar-refractivity contribution is 7.16. The molecule has 0 bridgehead atoms. The molecule has 0 aliphatic carbocycles. The topological polar surface area (TPSA) is 45.2 Å². The number of hydrogen-bond acceptors (Lipinski definition) is 4. The van der Waals surface area contributed by atoms with Gasteiger partial charge in [-0.1, -0.05) is 11.6 Å². The molecule has 7 heteroatoms. The van der Waals surface area contributed by atoms with Crippen molar-refractivity contribution >= 4 is 34.7 Å². The summed E-state index contributed by atoms with van der Waals surface area (Å²) in [7, 11) is 3.17. The SMILES string of the molecule is CNc1nccc(C(=O)N(C)Cc2ccc(Cl)s2)c1F. The maximum Gasteiger partial charge on any atom is 0.257 e. The number of pyridine rings is 1. The van der Waals surface area contributed by atoms with Gasteiger partial charge in [0.2, 0.25) is 0 Å². The van der Waals surface area contributed by atoms with Crippen molar-refractivity contribution in [1.29, 1.82) is 0 Å². The van der Waals surface area contributed by atoms with Gasteiger partial charge in [0.05, 0.1) is 16.4 Å². The van der Waals surface area contributed by atoms with Crippen LogP contribution in [0, 0.1) is 5.82 Å². The molecule has 106 valence electrons. The Morgan fingerprint density at radius 1 is 1.50 bits per heavy atom. The molecule has 1 N–H and O–H groups in total. The molecule has 0 aliphatic rings. The van der Waals surface area contributed by atoms with Crippen molar-refractivity contribution in [3.63, 3.8) is 0 Å². The fourth-order valence-electron chi connectivity index (χ4n) is 1.73. The van der Waals surface area contributed by atoms with E-state index in [9.17, 15) is 9.18 Å². The first kappa shape index (κ1) is 14.7. The normalized spacial score (nSPS) is 10.4. The summed E-state index contributed by atoms with van der Waals surface area (Å²) in [5, 5.41) is 2.61. The molecule has 2 rings (SSSR count). The van der Waals surface area contributed by atoms with E-state index in [-0.39, 0.29) is 11.4 Å². The molecule has 0 saturated heterocycles. The van der Waals surface area contributed by atoms with Crippen LogP contribution < -0.4 is 5.32 Å². The maximum absolute atomic E-state index is 14.0. The molecule has 20 heavy (non-hydrogen) atoms. The Morgan fingerprint density at radius 3 is 2.85 bits per heavy atom. The molecule has 0 unspecified atom stereocenters. The summed E-state index contributed by atoms with van der Waals surface area (Å²) in [6.07, 6.45) is 1.40. The van der Waals surface area contributed by atoms with Gasteiger partial charge >= 0.3 is 0 Å². The first-order valence-electron chi connectivity index (χ1n) is 5.85. The maximum atomic E-state index is 14.0. The van der Waals surface area contributed by atoms with Gasteiger partial charge in [-0.2, -0.15) is 0 Å². The highest BCUT2D eigenvalue weighted by atomic mass is 35.5. The second-order valence-electron chi connectivity index (χ2n) is 4.14. The van der Waals surface area contributed by atoms with Gasteiger partial charge in [-0.05, 0) is 18.2 Å². The van der Waals surface area contributed by atoms with E-state index in [1.807, 2.05) is 6.07 Å². The van der Waals surface area contributed by atoms with Crippen molar-refractivity contribution in [3.8, 4) is 0 Å². The third-order valence-corrected chi connectivity index (χ3v) is 3.94. The molecule has 0 spiro atoms. The number of rotatable bonds is 4. The summed E-state index contributed by atoms with van der Waals surface area (Å²) < 4.78 is 14.7. The number of hydrogen-bond donors (Lipinski definition) is 1. The van der Waals surface area contributed by atoms with Gasteiger partial charge < -0.3 is 10.2 Å². The molecule has 0 radical (unpaired) electrons. The first-order chi connectivity index (χ1) is 9.52. The average Bonchev–Trinajstić information content (AvgIpc) is 2.83. The molecule has 2 aromatic heterocycles.